The van der Waals surface area contributed by atoms with Crippen LogP contribution in [-0.2, 0) is 9.53 Å². The summed E-state index contributed by atoms with van der Waals surface area (Å²) in [6.07, 6.45) is 1.60. The molecule has 0 radical (unpaired) electrons. The van der Waals surface area contributed by atoms with Crippen molar-refractivity contribution in [2.75, 3.05) is 45.2 Å². The molecule has 0 atom stereocenters. The summed E-state index contributed by atoms with van der Waals surface area (Å²) in [5, 5.41) is 17.3. The van der Waals surface area contributed by atoms with Crippen molar-refractivity contribution < 1.29 is 14.3 Å². The van der Waals surface area contributed by atoms with Crippen molar-refractivity contribution in [2.45, 2.75) is 18.9 Å². The van der Waals surface area contributed by atoms with E-state index in [4.69, 9.17) is 10.00 Å². The number of hydrogen-bond acceptors (Lipinski definition) is 5. The maximum atomic E-state index is 12.1. The summed E-state index contributed by atoms with van der Waals surface area (Å²) < 4.78 is 4.90. The number of urea groups is 1. The molecule has 140 valence electrons. The summed E-state index contributed by atoms with van der Waals surface area (Å²) >= 11 is 0. The predicted molar refractivity (Wildman–Crippen MR) is 97.7 cm³/mol. The highest BCUT2D eigenvalue weighted by molar-refractivity contribution is 5.89. The van der Waals surface area contributed by atoms with E-state index in [2.05, 4.69) is 20.9 Å². The molecular weight excluding hydrogens is 334 g/mol. The van der Waals surface area contributed by atoms with Gasteiger partial charge in [-0.3, -0.25) is 9.69 Å². The van der Waals surface area contributed by atoms with Gasteiger partial charge >= 0.3 is 6.03 Å². The summed E-state index contributed by atoms with van der Waals surface area (Å²) in [5.74, 6) is -0.00739. The first-order chi connectivity index (χ1) is 12.6. The number of nitrogens with one attached hydrogen (secondary N) is 3. The molecule has 0 spiro atoms. The van der Waals surface area contributed by atoms with Crippen LogP contribution in [-0.4, -0.2) is 62.8 Å². The number of benzene rings is 1. The molecule has 1 aliphatic rings. The Bertz CT molecular complexity index is 633. The second kappa shape index (κ2) is 10.4. The van der Waals surface area contributed by atoms with Crippen molar-refractivity contribution in [3.63, 3.8) is 0 Å². The largest absolute Gasteiger partial charge is 0.383 e. The van der Waals surface area contributed by atoms with Gasteiger partial charge in [-0.15, -0.1) is 0 Å². The Kier molecular flexibility index (Phi) is 7.86. The van der Waals surface area contributed by atoms with Gasteiger partial charge in [-0.05, 0) is 37.1 Å². The van der Waals surface area contributed by atoms with E-state index in [1.807, 2.05) is 6.07 Å². The average molecular weight is 359 g/mol. The Balaban J connectivity index is 1.66. The molecule has 0 aliphatic carbocycles. The molecule has 8 nitrogen and oxygen atoms in total. The van der Waals surface area contributed by atoms with Crippen molar-refractivity contribution in [3.05, 3.63) is 29.8 Å². The van der Waals surface area contributed by atoms with Crippen LogP contribution in [0.1, 0.15) is 18.4 Å². The number of nitriles is 1. The zero-order chi connectivity index (χ0) is 18.8. The standard InChI is InChI=1S/C18H25N5O3/c1-26-11-8-20-17(24)13-23-9-6-16(7-10-23)22-18(25)21-15-4-2-14(12-19)3-5-15/h2-5,16H,6-11,13H2,1H3,(H,20,24)(H2,21,22,25). The quantitative estimate of drug-likeness (QED) is 0.627. The molecule has 1 heterocycles. The van der Waals surface area contributed by atoms with Crippen LogP contribution < -0.4 is 16.0 Å². The zero-order valence-corrected chi connectivity index (χ0v) is 15.0. The molecule has 1 aliphatic heterocycles. The smallest absolute Gasteiger partial charge is 0.319 e. The summed E-state index contributed by atoms with van der Waals surface area (Å²) in [7, 11) is 1.60. The highest BCUT2D eigenvalue weighted by atomic mass is 16.5. The fourth-order valence-electron chi connectivity index (χ4n) is 2.77. The number of amides is 3. The fraction of sp³-hybridized carbons (Fsp3) is 0.500. The topological polar surface area (TPSA) is 106 Å². The van der Waals surface area contributed by atoms with Gasteiger partial charge in [0.2, 0.25) is 5.91 Å². The molecule has 0 aromatic heterocycles. The van der Waals surface area contributed by atoms with E-state index in [1.165, 1.54) is 0 Å². The second-order valence-electron chi connectivity index (χ2n) is 6.18. The lowest BCUT2D eigenvalue weighted by Crippen LogP contribution is -2.48. The molecule has 3 N–H and O–H groups in total. The molecule has 1 aromatic carbocycles. The molecule has 0 saturated carbocycles. The highest BCUT2D eigenvalue weighted by Crippen LogP contribution is 2.12. The maximum Gasteiger partial charge on any atom is 0.319 e. The van der Waals surface area contributed by atoms with E-state index in [9.17, 15) is 9.59 Å². The van der Waals surface area contributed by atoms with E-state index in [-0.39, 0.29) is 18.0 Å². The van der Waals surface area contributed by atoms with Crippen molar-refractivity contribution in [2.24, 2.45) is 0 Å². The molecule has 0 bridgehead atoms. The monoisotopic (exact) mass is 359 g/mol. The SMILES string of the molecule is COCCNC(=O)CN1CCC(NC(=O)Nc2ccc(C#N)cc2)CC1. The van der Waals surface area contributed by atoms with Gasteiger partial charge in [0, 0.05) is 38.5 Å². The summed E-state index contributed by atoms with van der Waals surface area (Å²) in [5.41, 5.74) is 1.20. The second-order valence-corrected chi connectivity index (χ2v) is 6.18. The number of piperidine rings is 1. The minimum absolute atomic E-state index is 0.00739. The lowest BCUT2D eigenvalue weighted by molar-refractivity contribution is -0.122. The number of nitrogens with zero attached hydrogens (tertiary/aromatic N) is 2. The Morgan fingerprint density at radius 1 is 1.27 bits per heavy atom. The third kappa shape index (κ3) is 6.70. The molecule has 0 unspecified atom stereocenters. The fourth-order valence-corrected chi connectivity index (χ4v) is 2.77. The normalized spacial score (nSPS) is 15.1. The van der Waals surface area contributed by atoms with Crippen LogP contribution in [0.4, 0.5) is 10.5 Å². The first kappa shape index (κ1) is 19.7. The van der Waals surface area contributed by atoms with E-state index in [0.717, 1.165) is 25.9 Å². The molecule has 8 heteroatoms. The molecule has 2 rings (SSSR count). The summed E-state index contributed by atoms with van der Waals surface area (Å²) in [6.45, 7) is 2.92. The molecule has 1 saturated heterocycles. The van der Waals surface area contributed by atoms with Crippen molar-refractivity contribution in [1.82, 2.24) is 15.5 Å². The van der Waals surface area contributed by atoms with Crippen molar-refractivity contribution >= 4 is 17.6 Å². The highest BCUT2D eigenvalue weighted by Gasteiger charge is 2.22. The van der Waals surface area contributed by atoms with Gasteiger partial charge in [-0.2, -0.15) is 5.26 Å². The predicted octanol–water partition coefficient (Wildman–Crippen LogP) is 0.907. The molecule has 1 fully saturated rings. The van der Waals surface area contributed by atoms with E-state index < -0.39 is 0 Å². The average Bonchev–Trinajstić information content (AvgIpc) is 2.64. The summed E-state index contributed by atoms with van der Waals surface area (Å²) in [6, 6.07) is 8.57. The number of carbonyl (C=O) groups excluding carboxylic acids is 2. The number of carbonyl (C=O) groups is 2. The van der Waals surface area contributed by atoms with Crippen LogP contribution >= 0.6 is 0 Å². The number of methoxy groups -OCH3 is 1. The van der Waals surface area contributed by atoms with Gasteiger partial charge in [0.1, 0.15) is 0 Å². The number of rotatable bonds is 7. The number of anilines is 1. The number of hydrogen-bond donors (Lipinski definition) is 3. The van der Waals surface area contributed by atoms with Gasteiger partial charge in [0.15, 0.2) is 0 Å². The Labute approximate surface area is 153 Å². The van der Waals surface area contributed by atoms with Gasteiger partial charge in [-0.1, -0.05) is 0 Å². The Morgan fingerprint density at radius 3 is 2.58 bits per heavy atom. The molecular formula is C18H25N5O3. The Hall–Kier alpha value is -2.63. The van der Waals surface area contributed by atoms with Gasteiger partial charge in [-0.25, -0.2) is 4.79 Å². The zero-order valence-electron chi connectivity index (χ0n) is 15.0. The summed E-state index contributed by atoms with van der Waals surface area (Å²) in [4.78, 5) is 25.9. The van der Waals surface area contributed by atoms with Crippen LogP contribution in [0.25, 0.3) is 0 Å². The number of ether oxygens (including phenoxy) is 1. The third-order valence-corrected chi connectivity index (χ3v) is 4.19. The van der Waals surface area contributed by atoms with Crippen LogP contribution in [0.3, 0.4) is 0 Å². The van der Waals surface area contributed by atoms with Crippen molar-refractivity contribution in [1.29, 1.82) is 5.26 Å². The van der Waals surface area contributed by atoms with E-state index >= 15 is 0 Å². The maximum absolute atomic E-state index is 12.1. The first-order valence-corrected chi connectivity index (χ1v) is 8.66. The molecule has 3 amide bonds. The molecule has 1 aromatic rings. The molecule has 26 heavy (non-hydrogen) atoms. The van der Waals surface area contributed by atoms with Crippen LogP contribution in [0.15, 0.2) is 24.3 Å². The lowest BCUT2D eigenvalue weighted by Gasteiger charge is -2.31. The van der Waals surface area contributed by atoms with Gasteiger partial charge in [0.25, 0.3) is 0 Å². The van der Waals surface area contributed by atoms with Gasteiger partial charge < -0.3 is 20.7 Å². The first-order valence-electron chi connectivity index (χ1n) is 8.66. The van der Waals surface area contributed by atoms with E-state index in [1.54, 1.807) is 31.4 Å². The van der Waals surface area contributed by atoms with Gasteiger partial charge in [0.05, 0.1) is 24.8 Å². The van der Waals surface area contributed by atoms with Crippen LogP contribution in [0, 0.1) is 11.3 Å². The minimum Gasteiger partial charge on any atom is -0.383 e. The lowest BCUT2D eigenvalue weighted by atomic mass is 10.1. The Morgan fingerprint density at radius 2 is 1.96 bits per heavy atom. The number of likely N-dealkylation sites (tertiary alicyclic amines) is 1. The third-order valence-electron chi connectivity index (χ3n) is 4.19. The van der Waals surface area contributed by atoms with E-state index in [0.29, 0.717) is 30.9 Å². The van der Waals surface area contributed by atoms with Crippen LogP contribution in [0.5, 0.6) is 0 Å². The van der Waals surface area contributed by atoms with Crippen LogP contribution in [0.2, 0.25) is 0 Å². The minimum atomic E-state index is -0.259. The van der Waals surface area contributed by atoms with Crippen molar-refractivity contribution in [3.8, 4) is 6.07 Å².